The van der Waals surface area contributed by atoms with Crippen molar-refractivity contribution in [2.24, 2.45) is 5.73 Å². The summed E-state index contributed by atoms with van der Waals surface area (Å²) >= 11 is 1.26. The Morgan fingerprint density at radius 3 is 2.29 bits per heavy atom. The van der Waals surface area contributed by atoms with E-state index in [0.29, 0.717) is 5.56 Å². The summed E-state index contributed by atoms with van der Waals surface area (Å²) in [5.74, 6) is -0.353. The second-order valence-electron chi connectivity index (χ2n) is 3.28. The molecule has 5 nitrogen and oxygen atoms in total. The van der Waals surface area contributed by atoms with Gasteiger partial charge in [-0.3, -0.25) is 14.9 Å². The van der Waals surface area contributed by atoms with Gasteiger partial charge in [0, 0.05) is 10.5 Å². The maximum absolute atomic E-state index is 11.1. The number of benzene rings is 1. The summed E-state index contributed by atoms with van der Waals surface area (Å²) in [4.78, 5) is 33.4. The molecule has 17 heavy (non-hydrogen) atoms. The number of hydrogen-bond acceptors (Lipinski definition) is 4. The minimum absolute atomic E-state index is 0.00646. The molecule has 0 atom stereocenters. The smallest absolute Gasteiger partial charge is 0.318 e. The van der Waals surface area contributed by atoms with Crippen molar-refractivity contribution in [3.63, 3.8) is 0 Å². The number of urea groups is 1. The van der Waals surface area contributed by atoms with E-state index in [1.807, 2.05) is 5.32 Å². The van der Waals surface area contributed by atoms with Gasteiger partial charge in [-0.15, -0.1) is 11.8 Å². The molecule has 0 aromatic heterocycles. The molecule has 0 heterocycles. The van der Waals surface area contributed by atoms with Gasteiger partial charge >= 0.3 is 6.03 Å². The van der Waals surface area contributed by atoms with E-state index in [4.69, 9.17) is 5.73 Å². The van der Waals surface area contributed by atoms with Crippen molar-refractivity contribution < 1.29 is 14.4 Å². The number of primary amides is 1. The Kier molecular flexibility index (Phi) is 4.71. The molecule has 0 radical (unpaired) electrons. The minimum atomic E-state index is -0.859. The molecule has 3 amide bonds. The van der Waals surface area contributed by atoms with Crippen LogP contribution in [0.1, 0.15) is 17.3 Å². The van der Waals surface area contributed by atoms with Gasteiger partial charge in [0.1, 0.15) is 0 Å². The van der Waals surface area contributed by atoms with Crippen LogP contribution in [0.2, 0.25) is 0 Å². The van der Waals surface area contributed by atoms with Gasteiger partial charge in [0.25, 0.3) is 0 Å². The molecule has 0 saturated carbocycles. The lowest BCUT2D eigenvalue weighted by Crippen LogP contribution is -2.36. The zero-order valence-electron chi connectivity index (χ0n) is 9.23. The third kappa shape index (κ3) is 4.69. The number of nitrogens with two attached hydrogens (primary N) is 1. The molecular formula is C11H12N2O3S. The summed E-state index contributed by atoms with van der Waals surface area (Å²) in [7, 11) is 0. The Balaban J connectivity index is 2.50. The number of carbonyl (C=O) groups excluding carboxylic acids is 3. The Morgan fingerprint density at radius 1 is 1.24 bits per heavy atom. The number of ketones is 1. The van der Waals surface area contributed by atoms with Crippen molar-refractivity contribution in [1.29, 1.82) is 0 Å². The lowest BCUT2D eigenvalue weighted by atomic mass is 10.2. The number of nitrogens with one attached hydrogen (secondary N) is 1. The monoisotopic (exact) mass is 252 g/mol. The topological polar surface area (TPSA) is 89.3 Å². The first-order chi connectivity index (χ1) is 7.99. The Bertz CT molecular complexity index is 443. The lowest BCUT2D eigenvalue weighted by Gasteiger charge is -2.02. The second-order valence-corrected chi connectivity index (χ2v) is 4.33. The molecule has 6 heteroatoms. The SMILES string of the molecule is CC(=O)c1ccc(SCC(=O)NC(N)=O)cc1. The van der Waals surface area contributed by atoms with Crippen LogP contribution in [-0.2, 0) is 4.79 Å². The fourth-order valence-electron chi connectivity index (χ4n) is 1.11. The maximum Gasteiger partial charge on any atom is 0.318 e. The van der Waals surface area contributed by atoms with Gasteiger partial charge in [0.15, 0.2) is 5.78 Å². The molecule has 90 valence electrons. The summed E-state index contributed by atoms with van der Waals surface area (Å²) in [6.45, 7) is 1.49. The van der Waals surface area contributed by atoms with Crippen LogP contribution in [-0.4, -0.2) is 23.5 Å². The van der Waals surface area contributed by atoms with Crippen LogP contribution in [0.4, 0.5) is 4.79 Å². The van der Waals surface area contributed by atoms with Crippen LogP contribution in [0.15, 0.2) is 29.2 Å². The molecule has 0 aliphatic heterocycles. The molecule has 0 bridgehead atoms. The first-order valence-electron chi connectivity index (χ1n) is 4.82. The predicted molar refractivity (Wildman–Crippen MR) is 64.9 cm³/mol. The second kappa shape index (κ2) is 6.05. The Hall–Kier alpha value is -1.82. The van der Waals surface area contributed by atoms with Crippen molar-refractivity contribution in [1.82, 2.24) is 5.32 Å². The third-order valence-electron chi connectivity index (χ3n) is 1.89. The molecule has 0 saturated heterocycles. The van der Waals surface area contributed by atoms with E-state index in [1.54, 1.807) is 24.3 Å². The molecule has 1 aromatic carbocycles. The van der Waals surface area contributed by atoms with Crippen LogP contribution in [0.3, 0.4) is 0 Å². The van der Waals surface area contributed by atoms with E-state index >= 15 is 0 Å². The summed E-state index contributed by atoms with van der Waals surface area (Å²) in [5, 5.41) is 1.97. The van der Waals surface area contributed by atoms with Gasteiger partial charge in [0.05, 0.1) is 5.75 Å². The van der Waals surface area contributed by atoms with Crippen molar-refractivity contribution in [3.8, 4) is 0 Å². The minimum Gasteiger partial charge on any atom is -0.351 e. The molecule has 1 rings (SSSR count). The van der Waals surface area contributed by atoms with E-state index in [0.717, 1.165) is 4.90 Å². The summed E-state index contributed by atoms with van der Waals surface area (Å²) in [6.07, 6.45) is 0. The molecule has 1 aromatic rings. The zero-order valence-corrected chi connectivity index (χ0v) is 10.0. The fraction of sp³-hybridized carbons (Fsp3) is 0.182. The number of rotatable bonds is 4. The van der Waals surface area contributed by atoms with Gasteiger partial charge in [-0.1, -0.05) is 12.1 Å². The van der Waals surface area contributed by atoms with Crippen LogP contribution in [0.25, 0.3) is 0 Å². The largest absolute Gasteiger partial charge is 0.351 e. The van der Waals surface area contributed by atoms with Crippen molar-refractivity contribution in [3.05, 3.63) is 29.8 Å². The van der Waals surface area contributed by atoms with Gasteiger partial charge < -0.3 is 5.73 Å². The number of imide groups is 1. The molecule has 0 aliphatic rings. The van der Waals surface area contributed by atoms with Crippen molar-refractivity contribution in [2.45, 2.75) is 11.8 Å². The third-order valence-corrected chi connectivity index (χ3v) is 2.91. The van der Waals surface area contributed by atoms with E-state index in [-0.39, 0.29) is 11.5 Å². The first kappa shape index (κ1) is 13.2. The highest BCUT2D eigenvalue weighted by Crippen LogP contribution is 2.18. The van der Waals surface area contributed by atoms with E-state index in [2.05, 4.69) is 0 Å². The molecular weight excluding hydrogens is 240 g/mol. The predicted octanol–water partition coefficient (Wildman–Crippen LogP) is 1.18. The fourth-order valence-corrected chi connectivity index (χ4v) is 1.81. The van der Waals surface area contributed by atoms with E-state index in [9.17, 15) is 14.4 Å². The highest BCUT2D eigenvalue weighted by molar-refractivity contribution is 8.00. The highest BCUT2D eigenvalue weighted by atomic mass is 32.2. The summed E-state index contributed by atoms with van der Waals surface area (Å²) in [5.41, 5.74) is 5.42. The Morgan fingerprint density at radius 2 is 1.82 bits per heavy atom. The molecule has 0 aliphatic carbocycles. The van der Waals surface area contributed by atoms with E-state index in [1.165, 1.54) is 18.7 Å². The maximum atomic E-state index is 11.1. The number of Topliss-reactive ketones (excluding diaryl/α,β-unsaturated/α-hetero) is 1. The van der Waals surface area contributed by atoms with Gasteiger partial charge in [-0.2, -0.15) is 0 Å². The lowest BCUT2D eigenvalue weighted by molar-refractivity contribution is -0.117. The van der Waals surface area contributed by atoms with Crippen LogP contribution in [0.5, 0.6) is 0 Å². The number of hydrogen-bond donors (Lipinski definition) is 2. The van der Waals surface area contributed by atoms with Crippen LogP contribution >= 0.6 is 11.8 Å². The molecule has 0 fully saturated rings. The molecule has 0 spiro atoms. The molecule has 3 N–H and O–H groups in total. The number of amides is 3. The van der Waals surface area contributed by atoms with Crippen LogP contribution in [0, 0.1) is 0 Å². The first-order valence-corrected chi connectivity index (χ1v) is 5.80. The van der Waals surface area contributed by atoms with Crippen LogP contribution < -0.4 is 11.1 Å². The quantitative estimate of drug-likeness (QED) is 0.622. The average Bonchev–Trinajstić information content (AvgIpc) is 2.26. The standard InChI is InChI=1S/C11H12N2O3S/c1-7(14)8-2-4-9(5-3-8)17-6-10(15)13-11(12)16/h2-5H,6H2,1H3,(H3,12,13,15,16). The molecule has 0 unspecified atom stereocenters. The number of thioether (sulfide) groups is 1. The van der Waals surface area contributed by atoms with E-state index < -0.39 is 11.9 Å². The number of carbonyl (C=O) groups is 3. The zero-order chi connectivity index (χ0) is 12.8. The van der Waals surface area contributed by atoms with Gasteiger partial charge in [-0.25, -0.2) is 4.79 Å². The van der Waals surface area contributed by atoms with Crippen molar-refractivity contribution in [2.75, 3.05) is 5.75 Å². The van der Waals surface area contributed by atoms with Gasteiger partial charge in [-0.05, 0) is 19.1 Å². The van der Waals surface area contributed by atoms with Crippen molar-refractivity contribution >= 4 is 29.5 Å². The average molecular weight is 252 g/mol. The highest BCUT2D eigenvalue weighted by Gasteiger charge is 2.05. The Labute approximate surface area is 103 Å². The summed E-state index contributed by atoms with van der Waals surface area (Å²) in [6, 6.07) is 6.02. The normalized spacial score (nSPS) is 9.71. The van der Waals surface area contributed by atoms with Gasteiger partial charge in [0.2, 0.25) is 5.91 Å². The summed E-state index contributed by atoms with van der Waals surface area (Å²) < 4.78 is 0.